The van der Waals surface area contributed by atoms with E-state index in [4.69, 9.17) is 9.26 Å². The highest BCUT2D eigenvalue weighted by atomic mass is 19.1. The third-order valence-electron chi connectivity index (χ3n) is 6.01. The Morgan fingerprint density at radius 2 is 1.76 bits per heavy atom. The first-order valence-corrected chi connectivity index (χ1v) is 11.1. The van der Waals surface area contributed by atoms with Gasteiger partial charge in [-0.05, 0) is 37.6 Å². The van der Waals surface area contributed by atoms with Gasteiger partial charge < -0.3 is 19.1 Å². The van der Waals surface area contributed by atoms with Crippen molar-refractivity contribution in [1.82, 2.24) is 10.1 Å². The summed E-state index contributed by atoms with van der Waals surface area (Å²) in [5, 5.41) is 4.20. The number of carbonyl (C=O) groups is 1. The van der Waals surface area contributed by atoms with Crippen LogP contribution in [0.4, 0.5) is 14.7 Å². The standard InChI is InChI=1S/C25H27F2N3O3/c1-3-17(2)30(24(31)19-9-5-7-11-22(19)27)16-20-23(18-8-4-6-10-21(18)26)28-33-25(20)29-12-14-32-15-13-29/h4-11,17H,3,12-16H2,1-2H3. The number of anilines is 1. The van der Waals surface area contributed by atoms with Crippen LogP contribution in [0, 0.1) is 11.6 Å². The fraction of sp³-hybridized carbons (Fsp3) is 0.360. The van der Waals surface area contributed by atoms with Crippen LogP contribution >= 0.6 is 0 Å². The highest BCUT2D eigenvalue weighted by molar-refractivity contribution is 5.94. The lowest BCUT2D eigenvalue weighted by atomic mass is 10.0. The van der Waals surface area contributed by atoms with Crippen molar-refractivity contribution in [3.8, 4) is 11.3 Å². The summed E-state index contributed by atoms with van der Waals surface area (Å²) in [6, 6.07) is 12.0. The zero-order valence-electron chi connectivity index (χ0n) is 18.8. The van der Waals surface area contributed by atoms with Crippen molar-refractivity contribution in [2.75, 3.05) is 31.2 Å². The van der Waals surface area contributed by atoms with Gasteiger partial charge in [0.15, 0.2) is 0 Å². The molecule has 0 aliphatic carbocycles. The Balaban J connectivity index is 1.79. The fourth-order valence-corrected chi connectivity index (χ4v) is 3.93. The van der Waals surface area contributed by atoms with E-state index in [1.54, 1.807) is 35.2 Å². The first-order valence-electron chi connectivity index (χ1n) is 11.1. The number of ether oxygens (including phenoxy) is 1. The number of nitrogens with zero attached hydrogens (tertiary/aromatic N) is 3. The fourth-order valence-electron chi connectivity index (χ4n) is 3.93. The van der Waals surface area contributed by atoms with Gasteiger partial charge in [0.25, 0.3) is 5.91 Å². The van der Waals surface area contributed by atoms with Crippen LogP contribution in [0.3, 0.4) is 0 Å². The van der Waals surface area contributed by atoms with E-state index in [2.05, 4.69) is 5.16 Å². The summed E-state index contributed by atoms with van der Waals surface area (Å²) in [7, 11) is 0. The van der Waals surface area contributed by atoms with E-state index in [0.29, 0.717) is 55.4 Å². The van der Waals surface area contributed by atoms with Crippen molar-refractivity contribution in [2.24, 2.45) is 0 Å². The number of hydrogen-bond acceptors (Lipinski definition) is 5. The normalized spacial score (nSPS) is 14.8. The second-order valence-electron chi connectivity index (χ2n) is 8.06. The Hall–Kier alpha value is -3.26. The molecular formula is C25H27F2N3O3. The topological polar surface area (TPSA) is 58.8 Å². The summed E-state index contributed by atoms with van der Waals surface area (Å²) in [4.78, 5) is 17.0. The summed E-state index contributed by atoms with van der Waals surface area (Å²) in [6.45, 7) is 6.19. The molecule has 2 aromatic carbocycles. The summed E-state index contributed by atoms with van der Waals surface area (Å²) in [5.74, 6) is -0.970. The van der Waals surface area contributed by atoms with Crippen molar-refractivity contribution < 1.29 is 22.8 Å². The minimum absolute atomic E-state index is 0.00498. The molecule has 1 atom stereocenters. The lowest BCUT2D eigenvalue weighted by molar-refractivity contribution is 0.0666. The molecule has 1 amide bonds. The SMILES string of the molecule is CCC(C)N(Cc1c(-c2ccccc2F)noc1N1CCOCC1)C(=O)c1ccccc1F. The van der Waals surface area contributed by atoms with Crippen LogP contribution < -0.4 is 4.90 Å². The molecule has 2 heterocycles. The van der Waals surface area contributed by atoms with Gasteiger partial charge in [-0.1, -0.05) is 36.3 Å². The molecule has 0 bridgehead atoms. The second kappa shape index (κ2) is 10.1. The maximum atomic E-state index is 14.7. The smallest absolute Gasteiger partial charge is 0.257 e. The Kier molecular flexibility index (Phi) is 7.03. The molecule has 0 N–H and O–H groups in total. The maximum absolute atomic E-state index is 14.7. The lowest BCUT2D eigenvalue weighted by Gasteiger charge is -2.31. The van der Waals surface area contributed by atoms with Gasteiger partial charge in [-0.25, -0.2) is 8.78 Å². The molecule has 1 aliphatic heterocycles. The molecule has 33 heavy (non-hydrogen) atoms. The molecule has 3 aromatic rings. The average molecular weight is 456 g/mol. The highest BCUT2D eigenvalue weighted by Crippen LogP contribution is 2.35. The summed E-state index contributed by atoms with van der Waals surface area (Å²) >= 11 is 0. The number of hydrogen-bond donors (Lipinski definition) is 0. The predicted molar refractivity (Wildman–Crippen MR) is 121 cm³/mol. The van der Waals surface area contributed by atoms with Crippen LogP contribution in [0.5, 0.6) is 0 Å². The molecule has 4 rings (SSSR count). The van der Waals surface area contributed by atoms with Gasteiger partial charge in [0.1, 0.15) is 17.3 Å². The van der Waals surface area contributed by atoms with Crippen molar-refractivity contribution >= 4 is 11.8 Å². The number of aromatic nitrogens is 1. The molecule has 0 saturated carbocycles. The molecule has 0 spiro atoms. The molecule has 0 radical (unpaired) electrons. The summed E-state index contributed by atoms with van der Waals surface area (Å²) in [5.41, 5.74) is 1.21. The number of rotatable bonds is 7. The van der Waals surface area contributed by atoms with Crippen molar-refractivity contribution in [1.29, 1.82) is 0 Å². The Labute approximate surface area is 191 Å². The molecule has 1 aliphatic rings. The van der Waals surface area contributed by atoms with E-state index < -0.39 is 17.5 Å². The third-order valence-corrected chi connectivity index (χ3v) is 6.01. The zero-order chi connectivity index (χ0) is 23.4. The van der Waals surface area contributed by atoms with Gasteiger partial charge in [-0.15, -0.1) is 0 Å². The van der Waals surface area contributed by atoms with E-state index in [9.17, 15) is 13.6 Å². The van der Waals surface area contributed by atoms with E-state index in [-0.39, 0.29) is 18.2 Å². The lowest BCUT2D eigenvalue weighted by Crippen LogP contribution is -2.40. The van der Waals surface area contributed by atoms with E-state index in [1.807, 2.05) is 18.7 Å². The molecule has 8 heteroatoms. The number of halogens is 2. The predicted octanol–water partition coefficient (Wildman–Crippen LogP) is 4.90. The van der Waals surface area contributed by atoms with Crippen molar-refractivity contribution in [2.45, 2.75) is 32.9 Å². The largest absolute Gasteiger partial charge is 0.378 e. The number of carbonyl (C=O) groups excluding carboxylic acids is 1. The van der Waals surface area contributed by atoms with Crippen LogP contribution in [0.25, 0.3) is 11.3 Å². The van der Waals surface area contributed by atoms with Gasteiger partial charge in [-0.2, -0.15) is 0 Å². The molecule has 1 saturated heterocycles. The van der Waals surface area contributed by atoms with Crippen molar-refractivity contribution in [3.05, 3.63) is 71.3 Å². The van der Waals surface area contributed by atoms with Crippen molar-refractivity contribution in [3.63, 3.8) is 0 Å². The first kappa shape index (κ1) is 22.9. The molecule has 1 unspecified atom stereocenters. The Bertz CT molecular complexity index is 1110. The third kappa shape index (κ3) is 4.75. The van der Waals surface area contributed by atoms with Gasteiger partial charge in [0.2, 0.25) is 5.88 Å². The average Bonchev–Trinajstić information content (AvgIpc) is 3.26. The molecule has 174 valence electrons. The Morgan fingerprint density at radius 3 is 2.42 bits per heavy atom. The Morgan fingerprint density at radius 1 is 1.09 bits per heavy atom. The summed E-state index contributed by atoms with van der Waals surface area (Å²) < 4.78 is 40.3. The van der Waals surface area contributed by atoms with E-state index in [1.165, 1.54) is 18.2 Å². The number of amides is 1. The quantitative estimate of drug-likeness (QED) is 0.507. The first-order chi connectivity index (χ1) is 16.0. The van der Waals surface area contributed by atoms with Crippen LogP contribution in [-0.2, 0) is 11.3 Å². The van der Waals surface area contributed by atoms with E-state index in [0.717, 1.165) is 0 Å². The van der Waals surface area contributed by atoms with Gasteiger partial charge >= 0.3 is 0 Å². The second-order valence-corrected chi connectivity index (χ2v) is 8.06. The van der Waals surface area contributed by atoms with Gasteiger partial charge in [0.05, 0.1) is 30.9 Å². The van der Waals surface area contributed by atoms with Crippen LogP contribution in [0.1, 0.15) is 36.2 Å². The molecule has 1 aromatic heterocycles. The zero-order valence-corrected chi connectivity index (χ0v) is 18.8. The molecule has 6 nitrogen and oxygen atoms in total. The van der Waals surface area contributed by atoms with Gasteiger partial charge in [-0.3, -0.25) is 4.79 Å². The monoisotopic (exact) mass is 455 g/mol. The minimum Gasteiger partial charge on any atom is -0.378 e. The van der Waals surface area contributed by atoms with Crippen LogP contribution in [0.2, 0.25) is 0 Å². The molecular weight excluding hydrogens is 428 g/mol. The maximum Gasteiger partial charge on any atom is 0.257 e. The van der Waals surface area contributed by atoms with Gasteiger partial charge in [0, 0.05) is 24.7 Å². The van der Waals surface area contributed by atoms with Crippen LogP contribution in [-0.4, -0.2) is 48.3 Å². The summed E-state index contributed by atoms with van der Waals surface area (Å²) in [6.07, 6.45) is 0.660. The minimum atomic E-state index is -0.580. The molecule has 1 fully saturated rings. The highest BCUT2D eigenvalue weighted by Gasteiger charge is 2.30. The number of morpholine rings is 1. The van der Waals surface area contributed by atoms with E-state index >= 15 is 0 Å². The number of benzene rings is 2. The van der Waals surface area contributed by atoms with Crippen LogP contribution in [0.15, 0.2) is 53.1 Å².